The Bertz CT molecular complexity index is 395. The molecule has 1 aromatic heterocycles. The molecule has 0 aliphatic carbocycles. The Labute approximate surface area is 93.9 Å². The van der Waals surface area contributed by atoms with Crippen molar-refractivity contribution in [3.05, 3.63) is 12.4 Å². The molecule has 0 aromatic carbocycles. The predicted molar refractivity (Wildman–Crippen MR) is 60.9 cm³/mol. The molecule has 1 aliphatic heterocycles. The van der Waals surface area contributed by atoms with Gasteiger partial charge < -0.3 is 16.0 Å². The third kappa shape index (κ3) is 1.78. The van der Waals surface area contributed by atoms with Crippen LogP contribution in [-0.4, -0.2) is 35.5 Å². The molecule has 1 amide bonds. The van der Waals surface area contributed by atoms with Crippen molar-refractivity contribution in [2.24, 2.45) is 0 Å². The number of nitrogens with zero attached hydrogens (tertiary/aromatic N) is 3. The van der Waals surface area contributed by atoms with E-state index >= 15 is 0 Å². The van der Waals surface area contributed by atoms with Crippen LogP contribution >= 0.6 is 0 Å². The summed E-state index contributed by atoms with van der Waals surface area (Å²) in [5.41, 5.74) is 5.76. The van der Waals surface area contributed by atoms with E-state index < -0.39 is 0 Å². The van der Waals surface area contributed by atoms with Crippen LogP contribution in [0.3, 0.4) is 0 Å². The first-order chi connectivity index (χ1) is 7.74. The Hall–Kier alpha value is -1.85. The van der Waals surface area contributed by atoms with Crippen LogP contribution in [0.2, 0.25) is 0 Å². The van der Waals surface area contributed by atoms with E-state index in [0.29, 0.717) is 11.6 Å². The Balaban J connectivity index is 2.27. The second kappa shape index (κ2) is 4.34. The Morgan fingerprint density at radius 2 is 2.31 bits per heavy atom. The highest BCUT2D eigenvalue weighted by molar-refractivity contribution is 5.86. The minimum atomic E-state index is -0.177. The number of anilines is 2. The van der Waals surface area contributed by atoms with Gasteiger partial charge in [0.05, 0.1) is 0 Å². The van der Waals surface area contributed by atoms with Gasteiger partial charge in [-0.3, -0.25) is 4.79 Å². The van der Waals surface area contributed by atoms with Gasteiger partial charge in [-0.05, 0) is 12.8 Å². The number of nitrogens with one attached hydrogen (secondary N) is 1. The van der Waals surface area contributed by atoms with Gasteiger partial charge in [0.1, 0.15) is 6.04 Å². The van der Waals surface area contributed by atoms with Crippen molar-refractivity contribution in [3.8, 4) is 0 Å². The maximum atomic E-state index is 11.7. The van der Waals surface area contributed by atoms with Crippen LogP contribution < -0.4 is 16.0 Å². The number of rotatable bonds is 2. The maximum absolute atomic E-state index is 11.7. The standard InChI is InChI=1S/C10H15N5O/c1-12-10(16)7-3-2-6-15(7)9-8(11)13-4-5-14-9/h4-5,7H,2-3,6H2,1H3,(H2,11,13)(H,12,16). The summed E-state index contributed by atoms with van der Waals surface area (Å²) >= 11 is 0. The number of carbonyl (C=O) groups excluding carboxylic acids is 1. The van der Waals surface area contributed by atoms with Crippen molar-refractivity contribution in [2.45, 2.75) is 18.9 Å². The summed E-state index contributed by atoms with van der Waals surface area (Å²) in [5.74, 6) is 0.981. The topological polar surface area (TPSA) is 84.1 Å². The molecular weight excluding hydrogens is 206 g/mol. The predicted octanol–water partition coefficient (Wildman–Crippen LogP) is -0.226. The number of hydrogen-bond donors (Lipinski definition) is 2. The first kappa shape index (κ1) is 10.7. The van der Waals surface area contributed by atoms with Crippen LogP contribution in [0.25, 0.3) is 0 Å². The van der Waals surface area contributed by atoms with E-state index in [2.05, 4.69) is 15.3 Å². The summed E-state index contributed by atoms with van der Waals surface area (Å²) in [6.45, 7) is 0.793. The molecule has 6 heteroatoms. The molecule has 1 aromatic rings. The summed E-state index contributed by atoms with van der Waals surface area (Å²) in [7, 11) is 1.64. The third-order valence-electron chi connectivity index (χ3n) is 2.78. The first-order valence-electron chi connectivity index (χ1n) is 5.28. The Morgan fingerprint density at radius 1 is 1.56 bits per heavy atom. The highest BCUT2D eigenvalue weighted by Gasteiger charge is 2.32. The van der Waals surface area contributed by atoms with Crippen molar-refractivity contribution in [1.82, 2.24) is 15.3 Å². The summed E-state index contributed by atoms with van der Waals surface area (Å²) in [6.07, 6.45) is 4.93. The molecule has 3 N–H and O–H groups in total. The number of likely N-dealkylation sites (N-methyl/N-ethyl adjacent to an activating group) is 1. The first-order valence-corrected chi connectivity index (χ1v) is 5.28. The average Bonchev–Trinajstić information content (AvgIpc) is 2.77. The Morgan fingerprint density at radius 3 is 3.00 bits per heavy atom. The smallest absolute Gasteiger partial charge is 0.242 e. The minimum Gasteiger partial charge on any atom is -0.381 e. The van der Waals surface area contributed by atoms with E-state index in [1.54, 1.807) is 19.4 Å². The molecule has 0 spiro atoms. The van der Waals surface area contributed by atoms with Gasteiger partial charge in [0.25, 0.3) is 0 Å². The lowest BCUT2D eigenvalue weighted by molar-refractivity contribution is -0.121. The fourth-order valence-corrected chi connectivity index (χ4v) is 2.02. The lowest BCUT2D eigenvalue weighted by Crippen LogP contribution is -2.42. The maximum Gasteiger partial charge on any atom is 0.242 e. The van der Waals surface area contributed by atoms with E-state index in [4.69, 9.17) is 5.73 Å². The zero-order chi connectivity index (χ0) is 11.5. The second-order valence-electron chi connectivity index (χ2n) is 3.73. The second-order valence-corrected chi connectivity index (χ2v) is 3.73. The fourth-order valence-electron chi connectivity index (χ4n) is 2.02. The van der Waals surface area contributed by atoms with Crippen LogP contribution in [0.5, 0.6) is 0 Å². The normalized spacial score (nSPS) is 19.8. The summed E-state index contributed by atoms with van der Waals surface area (Å²) in [4.78, 5) is 21.8. The van der Waals surface area contributed by atoms with Gasteiger partial charge in [-0.15, -0.1) is 0 Å². The van der Waals surface area contributed by atoms with E-state index in [-0.39, 0.29) is 11.9 Å². The van der Waals surface area contributed by atoms with Crippen molar-refractivity contribution in [2.75, 3.05) is 24.2 Å². The van der Waals surface area contributed by atoms with Gasteiger partial charge >= 0.3 is 0 Å². The molecule has 2 rings (SSSR count). The van der Waals surface area contributed by atoms with Crippen molar-refractivity contribution < 1.29 is 4.79 Å². The molecule has 16 heavy (non-hydrogen) atoms. The lowest BCUT2D eigenvalue weighted by Gasteiger charge is -2.24. The summed E-state index contributed by atoms with van der Waals surface area (Å²) in [5, 5.41) is 2.66. The molecule has 0 bridgehead atoms. The molecule has 0 saturated carbocycles. The largest absolute Gasteiger partial charge is 0.381 e. The summed E-state index contributed by atoms with van der Waals surface area (Å²) < 4.78 is 0. The van der Waals surface area contributed by atoms with Crippen LogP contribution in [0, 0.1) is 0 Å². The molecule has 1 atom stereocenters. The number of carbonyl (C=O) groups is 1. The van der Waals surface area contributed by atoms with Crippen LogP contribution in [0.4, 0.5) is 11.6 Å². The number of nitrogen functional groups attached to an aromatic ring is 1. The number of hydrogen-bond acceptors (Lipinski definition) is 5. The highest BCUT2D eigenvalue weighted by Crippen LogP contribution is 2.26. The third-order valence-corrected chi connectivity index (χ3v) is 2.78. The van der Waals surface area contributed by atoms with Gasteiger partial charge in [-0.2, -0.15) is 0 Å². The molecule has 6 nitrogen and oxygen atoms in total. The monoisotopic (exact) mass is 221 g/mol. The van der Waals surface area contributed by atoms with Crippen molar-refractivity contribution in [3.63, 3.8) is 0 Å². The number of amides is 1. The molecule has 1 saturated heterocycles. The number of aromatic nitrogens is 2. The van der Waals surface area contributed by atoms with E-state index in [1.165, 1.54) is 0 Å². The van der Waals surface area contributed by atoms with Gasteiger partial charge in [0.2, 0.25) is 5.91 Å². The van der Waals surface area contributed by atoms with Gasteiger partial charge in [-0.25, -0.2) is 9.97 Å². The molecule has 1 fully saturated rings. The fraction of sp³-hybridized carbons (Fsp3) is 0.500. The summed E-state index contributed by atoms with van der Waals surface area (Å²) in [6, 6.07) is -0.177. The van der Waals surface area contributed by atoms with E-state index in [9.17, 15) is 4.79 Å². The van der Waals surface area contributed by atoms with Crippen LogP contribution in [-0.2, 0) is 4.79 Å². The average molecular weight is 221 g/mol. The molecule has 2 heterocycles. The highest BCUT2D eigenvalue weighted by atomic mass is 16.2. The van der Waals surface area contributed by atoms with Crippen molar-refractivity contribution >= 4 is 17.5 Å². The molecular formula is C10H15N5O. The SMILES string of the molecule is CNC(=O)C1CCCN1c1nccnc1N. The van der Waals surface area contributed by atoms with Crippen LogP contribution in [0.15, 0.2) is 12.4 Å². The zero-order valence-electron chi connectivity index (χ0n) is 9.18. The van der Waals surface area contributed by atoms with Gasteiger partial charge in [0, 0.05) is 26.0 Å². The molecule has 0 radical (unpaired) electrons. The van der Waals surface area contributed by atoms with Gasteiger partial charge in [-0.1, -0.05) is 0 Å². The van der Waals surface area contributed by atoms with E-state index in [1.807, 2.05) is 4.90 Å². The van der Waals surface area contributed by atoms with Gasteiger partial charge in [0.15, 0.2) is 11.6 Å². The van der Waals surface area contributed by atoms with Crippen LogP contribution in [0.1, 0.15) is 12.8 Å². The van der Waals surface area contributed by atoms with Crippen molar-refractivity contribution in [1.29, 1.82) is 0 Å². The van der Waals surface area contributed by atoms with E-state index in [0.717, 1.165) is 19.4 Å². The minimum absolute atomic E-state index is 0.00236. The lowest BCUT2D eigenvalue weighted by atomic mass is 10.2. The number of nitrogens with two attached hydrogens (primary N) is 1. The zero-order valence-corrected chi connectivity index (χ0v) is 9.18. The molecule has 86 valence electrons. The molecule has 1 unspecified atom stereocenters. The Kier molecular flexibility index (Phi) is 2.89. The molecule has 1 aliphatic rings. The quantitative estimate of drug-likeness (QED) is 0.721.